The number of aromatic carboxylic acids is 1. The van der Waals surface area contributed by atoms with E-state index >= 15 is 0 Å². The molecule has 0 fully saturated rings. The zero-order chi connectivity index (χ0) is 13.8. The van der Waals surface area contributed by atoms with Gasteiger partial charge in [0.2, 0.25) is 5.89 Å². The average molecular weight is 278 g/mol. The second-order valence-corrected chi connectivity index (χ2v) is 5.37. The fraction of sp³-hybridized carbons (Fsp3) is 0.308. The van der Waals surface area contributed by atoms with Crippen molar-refractivity contribution >= 4 is 17.7 Å². The van der Waals surface area contributed by atoms with Gasteiger partial charge in [-0.25, -0.2) is 4.79 Å². The summed E-state index contributed by atoms with van der Waals surface area (Å²) in [6, 6.07) is 6.71. The number of carboxylic acid groups (broad SMARTS) is 1. The third kappa shape index (κ3) is 3.57. The molecule has 6 heteroatoms. The first-order chi connectivity index (χ1) is 9.06. The van der Waals surface area contributed by atoms with Crippen LogP contribution in [0.4, 0.5) is 0 Å². The van der Waals surface area contributed by atoms with Gasteiger partial charge in [0.15, 0.2) is 5.82 Å². The van der Waals surface area contributed by atoms with Crippen molar-refractivity contribution in [3.63, 3.8) is 0 Å². The molecule has 0 aliphatic carbocycles. The van der Waals surface area contributed by atoms with Crippen molar-refractivity contribution in [2.75, 3.05) is 0 Å². The van der Waals surface area contributed by atoms with E-state index in [0.717, 1.165) is 4.90 Å². The number of hydrogen-bond donors (Lipinski definition) is 1. The van der Waals surface area contributed by atoms with Gasteiger partial charge in [0.05, 0.1) is 11.3 Å². The first-order valence-corrected chi connectivity index (χ1v) is 6.83. The van der Waals surface area contributed by atoms with E-state index in [1.54, 1.807) is 24.3 Å². The van der Waals surface area contributed by atoms with Crippen molar-refractivity contribution < 1.29 is 14.4 Å². The Labute approximate surface area is 115 Å². The highest BCUT2D eigenvalue weighted by molar-refractivity contribution is 7.98. The minimum atomic E-state index is -0.921. The van der Waals surface area contributed by atoms with Crippen molar-refractivity contribution in [3.8, 4) is 0 Å². The Hall–Kier alpha value is -1.82. The number of benzene rings is 1. The van der Waals surface area contributed by atoms with Gasteiger partial charge in [0.25, 0.3) is 0 Å². The standard InChI is InChI=1S/C13H14N2O3S/c1-8(2)12-14-11(18-15-12)7-19-10-5-3-9(4-6-10)13(16)17/h3-6,8H,7H2,1-2H3,(H,16,17). The molecule has 0 saturated carbocycles. The van der Waals surface area contributed by atoms with Crippen molar-refractivity contribution in [2.45, 2.75) is 30.4 Å². The van der Waals surface area contributed by atoms with Gasteiger partial charge in [-0.1, -0.05) is 19.0 Å². The van der Waals surface area contributed by atoms with Crippen molar-refractivity contribution in [3.05, 3.63) is 41.5 Å². The van der Waals surface area contributed by atoms with Gasteiger partial charge in [0, 0.05) is 10.8 Å². The molecule has 0 radical (unpaired) electrons. The van der Waals surface area contributed by atoms with Crippen LogP contribution >= 0.6 is 11.8 Å². The largest absolute Gasteiger partial charge is 0.478 e. The van der Waals surface area contributed by atoms with Crippen LogP contribution in [0.1, 0.15) is 41.8 Å². The number of nitrogens with zero attached hydrogens (tertiary/aromatic N) is 2. The summed E-state index contributed by atoms with van der Waals surface area (Å²) in [6.07, 6.45) is 0. The Bertz CT molecular complexity index is 564. The smallest absolute Gasteiger partial charge is 0.335 e. The number of rotatable bonds is 5. The second kappa shape index (κ2) is 5.88. The monoisotopic (exact) mass is 278 g/mol. The van der Waals surface area contributed by atoms with Crippen molar-refractivity contribution in [1.82, 2.24) is 10.1 Å². The molecule has 1 N–H and O–H groups in total. The molecule has 0 spiro atoms. The maximum Gasteiger partial charge on any atom is 0.335 e. The Morgan fingerprint density at radius 2 is 2.05 bits per heavy atom. The summed E-state index contributed by atoms with van der Waals surface area (Å²) in [7, 11) is 0. The molecule has 0 atom stereocenters. The van der Waals surface area contributed by atoms with Gasteiger partial charge < -0.3 is 9.63 Å². The Morgan fingerprint density at radius 3 is 2.58 bits per heavy atom. The summed E-state index contributed by atoms with van der Waals surface area (Å²) >= 11 is 1.53. The molecule has 0 aliphatic heterocycles. The first kappa shape index (κ1) is 13.6. The molecule has 1 heterocycles. The van der Waals surface area contributed by atoms with Crippen LogP contribution in [-0.2, 0) is 5.75 Å². The fourth-order valence-corrected chi connectivity index (χ4v) is 2.14. The number of carboxylic acids is 1. The first-order valence-electron chi connectivity index (χ1n) is 5.85. The van der Waals surface area contributed by atoms with Gasteiger partial charge in [-0.15, -0.1) is 11.8 Å². The number of thioether (sulfide) groups is 1. The van der Waals surface area contributed by atoms with E-state index in [2.05, 4.69) is 10.1 Å². The maximum absolute atomic E-state index is 10.7. The molecule has 2 aromatic rings. The van der Waals surface area contributed by atoms with E-state index in [1.165, 1.54) is 11.8 Å². The lowest BCUT2D eigenvalue weighted by atomic mass is 10.2. The average Bonchev–Trinajstić information content (AvgIpc) is 2.86. The summed E-state index contributed by atoms with van der Waals surface area (Å²) in [5, 5.41) is 12.7. The zero-order valence-corrected chi connectivity index (χ0v) is 11.5. The van der Waals surface area contributed by atoms with Crippen LogP contribution in [0.3, 0.4) is 0 Å². The topological polar surface area (TPSA) is 76.2 Å². The lowest BCUT2D eigenvalue weighted by Crippen LogP contribution is -1.94. The minimum Gasteiger partial charge on any atom is -0.478 e. The van der Waals surface area contributed by atoms with E-state index in [9.17, 15) is 4.79 Å². The summed E-state index contributed by atoms with van der Waals surface area (Å²) in [6.45, 7) is 4.01. The third-order valence-electron chi connectivity index (χ3n) is 2.46. The minimum absolute atomic E-state index is 0.248. The van der Waals surface area contributed by atoms with Gasteiger partial charge in [-0.2, -0.15) is 4.98 Å². The predicted octanol–water partition coefficient (Wildman–Crippen LogP) is 3.18. The lowest BCUT2D eigenvalue weighted by Gasteiger charge is -1.99. The Balaban J connectivity index is 1.96. The van der Waals surface area contributed by atoms with Crippen LogP contribution < -0.4 is 0 Å². The van der Waals surface area contributed by atoms with Crippen LogP contribution in [0.2, 0.25) is 0 Å². The van der Waals surface area contributed by atoms with Gasteiger partial charge in [0.1, 0.15) is 0 Å². The fourth-order valence-electron chi connectivity index (χ4n) is 1.40. The molecule has 0 bridgehead atoms. The molecular weight excluding hydrogens is 264 g/mol. The number of carbonyl (C=O) groups is 1. The van der Waals surface area contributed by atoms with E-state index < -0.39 is 5.97 Å². The van der Waals surface area contributed by atoms with Crippen LogP contribution in [0.25, 0.3) is 0 Å². The highest BCUT2D eigenvalue weighted by Crippen LogP contribution is 2.23. The molecule has 0 aliphatic rings. The van der Waals surface area contributed by atoms with Crippen LogP contribution in [0.15, 0.2) is 33.7 Å². The van der Waals surface area contributed by atoms with E-state index in [4.69, 9.17) is 9.63 Å². The Kier molecular flexibility index (Phi) is 4.21. The molecule has 0 amide bonds. The van der Waals surface area contributed by atoms with Crippen LogP contribution in [0, 0.1) is 0 Å². The molecule has 1 aromatic heterocycles. The molecule has 100 valence electrons. The SMILES string of the molecule is CC(C)c1noc(CSc2ccc(C(=O)O)cc2)n1. The van der Waals surface area contributed by atoms with Crippen LogP contribution in [-0.4, -0.2) is 21.2 Å². The zero-order valence-electron chi connectivity index (χ0n) is 10.7. The maximum atomic E-state index is 10.7. The van der Waals surface area contributed by atoms with Gasteiger partial charge >= 0.3 is 5.97 Å². The second-order valence-electron chi connectivity index (χ2n) is 4.32. The van der Waals surface area contributed by atoms with E-state index in [1.807, 2.05) is 13.8 Å². The van der Waals surface area contributed by atoms with Gasteiger partial charge in [-0.05, 0) is 24.3 Å². The Morgan fingerprint density at radius 1 is 1.37 bits per heavy atom. The molecular formula is C13H14N2O3S. The summed E-state index contributed by atoms with van der Waals surface area (Å²) in [5.41, 5.74) is 0.282. The summed E-state index contributed by atoms with van der Waals surface area (Å²) in [4.78, 5) is 16.0. The molecule has 5 nitrogen and oxygen atoms in total. The molecule has 19 heavy (non-hydrogen) atoms. The molecule has 0 saturated heterocycles. The van der Waals surface area contributed by atoms with Gasteiger partial charge in [-0.3, -0.25) is 0 Å². The van der Waals surface area contributed by atoms with Crippen molar-refractivity contribution in [2.24, 2.45) is 0 Å². The van der Waals surface area contributed by atoms with Crippen molar-refractivity contribution in [1.29, 1.82) is 0 Å². The normalized spacial score (nSPS) is 10.9. The molecule has 0 unspecified atom stereocenters. The lowest BCUT2D eigenvalue weighted by molar-refractivity contribution is 0.0697. The predicted molar refractivity (Wildman–Crippen MR) is 71.3 cm³/mol. The number of aromatic nitrogens is 2. The molecule has 2 rings (SSSR count). The molecule has 1 aromatic carbocycles. The quantitative estimate of drug-likeness (QED) is 0.846. The highest BCUT2D eigenvalue weighted by atomic mass is 32.2. The summed E-state index contributed by atoms with van der Waals surface area (Å²) < 4.78 is 5.13. The van der Waals surface area contributed by atoms with E-state index in [-0.39, 0.29) is 11.5 Å². The number of hydrogen-bond acceptors (Lipinski definition) is 5. The van der Waals surface area contributed by atoms with E-state index in [0.29, 0.717) is 17.5 Å². The van der Waals surface area contributed by atoms with Crippen LogP contribution in [0.5, 0.6) is 0 Å². The third-order valence-corrected chi connectivity index (χ3v) is 3.46. The highest BCUT2D eigenvalue weighted by Gasteiger charge is 2.10. The summed E-state index contributed by atoms with van der Waals surface area (Å²) in [5.74, 6) is 1.19.